The van der Waals surface area contributed by atoms with E-state index in [4.69, 9.17) is 9.84 Å². The Kier molecular flexibility index (Phi) is 4.16. The van der Waals surface area contributed by atoms with Crippen molar-refractivity contribution >= 4 is 11.9 Å². The predicted molar refractivity (Wildman–Crippen MR) is 68.8 cm³/mol. The van der Waals surface area contributed by atoms with E-state index in [1.807, 2.05) is 6.92 Å². The summed E-state index contributed by atoms with van der Waals surface area (Å²) in [5, 5.41) is 11.7. The van der Waals surface area contributed by atoms with Gasteiger partial charge in [-0.1, -0.05) is 12.1 Å². The lowest BCUT2D eigenvalue weighted by Crippen LogP contribution is -2.34. The third kappa shape index (κ3) is 3.54. The molecule has 2 atom stereocenters. The van der Waals surface area contributed by atoms with Crippen LogP contribution in [0, 0.1) is 0 Å². The lowest BCUT2D eigenvalue weighted by Gasteiger charge is -2.11. The maximum Gasteiger partial charge on any atom is 0.335 e. The molecule has 1 heterocycles. The van der Waals surface area contributed by atoms with Crippen molar-refractivity contribution in [2.45, 2.75) is 38.5 Å². The van der Waals surface area contributed by atoms with Crippen LogP contribution in [0.1, 0.15) is 35.7 Å². The molecule has 1 aromatic carbocycles. The van der Waals surface area contributed by atoms with Crippen LogP contribution >= 0.6 is 0 Å². The summed E-state index contributed by atoms with van der Waals surface area (Å²) in [5.41, 5.74) is 0.983. The van der Waals surface area contributed by atoms with Crippen LogP contribution in [-0.4, -0.2) is 29.2 Å². The lowest BCUT2D eigenvalue weighted by atomic mass is 10.1. The van der Waals surface area contributed by atoms with Gasteiger partial charge in [-0.05, 0) is 37.5 Å². The minimum atomic E-state index is -0.971. The first kappa shape index (κ1) is 13.5. The molecule has 0 spiro atoms. The maximum atomic E-state index is 11.8. The number of benzene rings is 1. The molecule has 0 bridgehead atoms. The number of hydrogen-bond donors (Lipinski definition) is 2. The highest BCUT2D eigenvalue weighted by atomic mass is 16.5. The molecule has 5 heteroatoms. The van der Waals surface area contributed by atoms with Gasteiger partial charge in [0.2, 0.25) is 5.91 Å². The molecule has 1 fully saturated rings. The van der Waals surface area contributed by atoms with E-state index in [0.29, 0.717) is 6.54 Å². The second-order valence-electron chi connectivity index (χ2n) is 4.74. The van der Waals surface area contributed by atoms with Crippen LogP contribution < -0.4 is 5.32 Å². The summed E-state index contributed by atoms with van der Waals surface area (Å²) in [4.78, 5) is 22.7. The van der Waals surface area contributed by atoms with Crippen LogP contribution in [0.25, 0.3) is 0 Å². The van der Waals surface area contributed by atoms with Crippen molar-refractivity contribution in [3.63, 3.8) is 0 Å². The van der Waals surface area contributed by atoms with Gasteiger partial charge in [0.25, 0.3) is 0 Å². The van der Waals surface area contributed by atoms with Gasteiger partial charge in [0.05, 0.1) is 11.7 Å². The van der Waals surface area contributed by atoms with Crippen molar-refractivity contribution in [3.05, 3.63) is 35.4 Å². The van der Waals surface area contributed by atoms with Crippen LogP contribution in [0.4, 0.5) is 0 Å². The number of aromatic carboxylic acids is 1. The fourth-order valence-electron chi connectivity index (χ4n) is 2.11. The number of rotatable bonds is 4. The second kappa shape index (κ2) is 5.84. The summed E-state index contributed by atoms with van der Waals surface area (Å²) < 4.78 is 5.47. The smallest absolute Gasteiger partial charge is 0.335 e. The van der Waals surface area contributed by atoms with Crippen LogP contribution in [-0.2, 0) is 16.1 Å². The topological polar surface area (TPSA) is 75.6 Å². The zero-order chi connectivity index (χ0) is 13.8. The Morgan fingerprint density at radius 2 is 2.21 bits per heavy atom. The number of hydrogen-bond acceptors (Lipinski definition) is 3. The van der Waals surface area contributed by atoms with Crippen LogP contribution in [0.5, 0.6) is 0 Å². The van der Waals surface area contributed by atoms with Gasteiger partial charge in [-0.15, -0.1) is 0 Å². The van der Waals surface area contributed by atoms with Crippen molar-refractivity contribution in [3.8, 4) is 0 Å². The van der Waals surface area contributed by atoms with Crippen LogP contribution in [0.3, 0.4) is 0 Å². The first-order chi connectivity index (χ1) is 9.06. The standard InChI is InChI=1S/C14H17NO4/c1-9-5-6-12(19-9)13(16)15-8-10-3-2-4-11(7-10)14(17)18/h2-4,7,9,12H,5-6,8H2,1H3,(H,15,16)(H,17,18)/t9-,12+/m0/s1. The first-order valence-corrected chi connectivity index (χ1v) is 6.31. The quantitative estimate of drug-likeness (QED) is 0.864. The Labute approximate surface area is 111 Å². The molecular formula is C14H17NO4. The fraction of sp³-hybridized carbons (Fsp3) is 0.429. The minimum absolute atomic E-state index is 0.131. The summed E-state index contributed by atoms with van der Waals surface area (Å²) in [6.07, 6.45) is 1.39. The van der Waals surface area contributed by atoms with E-state index >= 15 is 0 Å². The van der Waals surface area contributed by atoms with Crippen molar-refractivity contribution in [1.29, 1.82) is 0 Å². The Balaban J connectivity index is 1.90. The summed E-state index contributed by atoms with van der Waals surface area (Å²) in [6.45, 7) is 2.26. The summed E-state index contributed by atoms with van der Waals surface area (Å²) in [7, 11) is 0. The molecule has 0 saturated carbocycles. The van der Waals surface area contributed by atoms with E-state index in [-0.39, 0.29) is 23.7 Å². The van der Waals surface area contributed by atoms with Crippen molar-refractivity contribution in [1.82, 2.24) is 5.32 Å². The Morgan fingerprint density at radius 3 is 2.84 bits per heavy atom. The number of amides is 1. The van der Waals surface area contributed by atoms with Crippen molar-refractivity contribution in [2.75, 3.05) is 0 Å². The van der Waals surface area contributed by atoms with Crippen molar-refractivity contribution in [2.24, 2.45) is 0 Å². The number of ether oxygens (including phenoxy) is 1. The molecule has 0 radical (unpaired) electrons. The zero-order valence-electron chi connectivity index (χ0n) is 10.8. The van der Waals surface area contributed by atoms with Gasteiger partial charge in [0.1, 0.15) is 6.10 Å². The van der Waals surface area contributed by atoms with Crippen LogP contribution in [0.2, 0.25) is 0 Å². The van der Waals surface area contributed by atoms with E-state index in [9.17, 15) is 9.59 Å². The van der Waals surface area contributed by atoms with Gasteiger partial charge < -0.3 is 15.2 Å². The third-order valence-electron chi connectivity index (χ3n) is 3.17. The SMILES string of the molecule is C[C@H]1CC[C@H](C(=O)NCc2cccc(C(=O)O)c2)O1. The molecule has 0 unspecified atom stereocenters. The number of carbonyl (C=O) groups excluding carboxylic acids is 1. The molecule has 102 valence electrons. The number of carbonyl (C=O) groups is 2. The average molecular weight is 263 g/mol. The summed E-state index contributed by atoms with van der Waals surface area (Å²) >= 11 is 0. The highest BCUT2D eigenvalue weighted by molar-refractivity contribution is 5.87. The fourth-order valence-corrected chi connectivity index (χ4v) is 2.11. The van der Waals surface area contributed by atoms with E-state index in [2.05, 4.69) is 5.32 Å². The second-order valence-corrected chi connectivity index (χ2v) is 4.74. The molecule has 0 aromatic heterocycles. The average Bonchev–Trinajstić information content (AvgIpc) is 2.83. The van der Waals surface area contributed by atoms with Gasteiger partial charge in [0, 0.05) is 6.54 Å². The van der Waals surface area contributed by atoms with Gasteiger partial charge in [-0.3, -0.25) is 4.79 Å². The largest absolute Gasteiger partial charge is 0.478 e. The van der Waals surface area contributed by atoms with Gasteiger partial charge >= 0.3 is 5.97 Å². The highest BCUT2D eigenvalue weighted by Crippen LogP contribution is 2.19. The monoisotopic (exact) mass is 263 g/mol. The molecule has 1 aliphatic rings. The third-order valence-corrected chi connectivity index (χ3v) is 3.17. The number of carboxylic acids is 1. The van der Waals surface area contributed by atoms with E-state index in [1.165, 1.54) is 6.07 Å². The molecular weight excluding hydrogens is 246 g/mol. The van der Waals surface area contributed by atoms with E-state index in [0.717, 1.165) is 18.4 Å². The minimum Gasteiger partial charge on any atom is -0.478 e. The molecule has 2 rings (SSSR count). The molecule has 2 N–H and O–H groups in total. The molecule has 1 amide bonds. The molecule has 1 aromatic rings. The Hall–Kier alpha value is -1.88. The summed E-state index contributed by atoms with van der Waals surface area (Å²) in [6, 6.07) is 6.53. The Morgan fingerprint density at radius 1 is 1.42 bits per heavy atom. The normalized spacial score (nSPS) is 22.2. The molecule has 19 heavy (non-hydrogen) atoms. The molecule has 1 saturated heterocycles. The maximum absolute atomic E-state index is 11.8. The Bertz CT molecular complexity index is 486. The van der Waals surface area contributed by atoms with Gasteiger partial charge in [-0.25, -0.2) is 4.79 Å². The molecule has 5 nitrogen and oxygen atoms in total. The van der Waals surface area contributed by atoms with Gasteiger partial charge in [-0.2, -0.15) is 0 Å². The van der Waals surface area contributed by atoms with Crippen molar-refractivity contribution < 1.29 is 19.4 Å². The highest BCUT2D eigenvalue weighted by Gasteiger charge is 2.27. The van der Waals surface area contributed by atoms with Gasteiger partial charge in [0.15, 0.2) is 0 Å². The zero-order valence-corrected chi connectivity index (χ0v) is 10.8. The number of carboxylic acid groups (broad SMARTS) is 1. The predicted octanol–water partition coefficient (Wildman–Crippen LogP) is 1.57. The lowest BCUT2D eigenvalue weighted by molar-refractivity contribution is -0.131. The molecule has 0 aliphatic carbocycles. The summed E-state index contributed by atoms with van der Waals surface area (Å²) in [5.74, 6) is -1.11. The van der Waals surface area contributed by atoms with E-state index in [1.54, 1.807) is 18.2 Å². The number of nitrogens with one attached hydrogen (secondary N) is 1. The molecule has 1 aliphatic heterocycles. The van der Waals surface area contributed by atoms with E-state index < -0.39 is 5.97 Å². The van der Waals surface area contributed by atoms with Crippen LogP contribution in [0.15, 0.2) is 24.3 Å². The first-order valence-electron chi connectivity index (χ1n) is 6.31.